The van der Waals surface area contributed by atoms with Crippen LogP contribution in [0.15, 0.2) is 42.5 Å². The second-order valence-electron chi connectivity index (χ2n) is 5.39. The van der Waals surface area contributed by atoms with Gasteiger partial charge in [0, 0.05) is 18.3 Å². The molecule has 0 fully saturated rings. The highest BCUT2D eigenvalue weighted by molar-refractivity contribution is 5.40. The Bertz CT molecular complexity index is 566. The number of nitrogens with one attached hydrogen (secondary N) is 1. The van der Waals surface area contributed by atoms with Crippen molar-refractivity contribution in [1.82, 2.24) is 4.98 Å². The maximum atomic E-state index is 6.19. The van der Waals surface area contributed by atoms with Crippen LogP contribution in [0.1, 0.15) is 35.7 Å². The molecule has 104 valence electrons. The minimum atomic E-state index is 0.0816. The van der Waals surface area contributed by atoms with Crippen LogP contribution in [-0.4, -0.2) is 11.5 Å². The summed E-state index contributed by atoms with van der Waals surface area (Å²) in [5.41, 5.74) is 10.1. The fourth-order valence-corrected chi connectivity index (χ4v) is 2.74. The van der Waals surface area contributed by atoms with Gasteiger partial charge in [-0.3, -0.25) is 0 Å². The molecule has 0 aliphatic heterocycles. The van der Waals surface area contributed by atoms with Crippen LogP contribution < -0.4 is 11.1 Å². The van der Waals surface area contributed by atoms with E-state index < -0.39 is 0 Å². The molecule has 0 amide bonds. The third kappa shape index (κ3) is 2.99. The molecule has 0 saturated carbocycles. The summed E-state index contributed by atoms with van der Waals surface area (Å²) in [5.74, 6) is 0.978. The SMILES string of the molecule is NC(CCNc1ccc2c(n1)CCC2)c1ccccc1. The molecule has 1 heterocycles. The highest BCUT2D eigenvalue weighted by Gasteiger charge is 2.12. The van der Waals surface area contributed by atoms with E-state index in [1.807, 2.05) is 18.2 Å². The van der Waals surface area contributed by atoms with Gasteiger partial charge in [-0.2, -0.15) is 0 Å². The van der Waals surface area contributed by atoms with E-state index in [0.29, 0.717) is 0 Å². The average Bonchev–Trinajstić information content (AvgIpc) is 2.95. The van der Waals surface area contributed by atoms with Crippen molar-refractivity contribution in [3.63, 3.8) is 0 Å². The Morgan fingerprint density at radius 1 is 1.10 bits per heavy atom. The number of nitrogens with zero attached hydrogens (tertiary/aromatic N) is 1. The van der Waals surface area contributed by atoms with Crippen LogP contribution in [0.3, 0.4) is 0 Å². The lowest BCUT2D eigenvalue weighted by Gasteiger charge is -2.13. The van der Waals surface area contributed by atoms with Crippen molar-refractivity contribution in [1.29, 1.82) is 0 Å². The Kier molecular flexibility index (Phi) is 3.97. The Morgan fingerprint density at radius 2 is 1.95 bits per heavy atom. The van der Waals surface area contributed by atoms with E-state index in [1.54, 1.807) is 0 Å². The standard InChI is InChI=1S/C17H21N3/c18-15(13-5-2-1-3-6-13)11-12-19-17-10-9-14-7-4-8-16(14)20-17/h1-3,5-6,9-10,15H,4,7-8,11-12,18H2,(H,19,20). The van der Waals surface area contributed by atoms with E-state index >= 15 is 0 Å². The fraction of sp³-hybridized carbons (Fsp3) is 0.353. The number of aryl methyl sites for hydroxylation is 2. The molecular formula is C17H21N3. The Labute approximate surface area is 120 Å². The van der Waals surface area contributed by atoms with Gasteiger partial charge in [-0.1, -0.05) is 36.4 Å². The summed E-state index contributed by atoms with van der Waals surface area (Å²) in [6, 6.07) is 14.6. The maximum absolute atomic E-state index is 6.19. The molecule has 1 aromatic carbocycles. The number of pyridine rings is 1. The second-order valence-corrected chi connectivity index (χ2v) is 5.39. The monoisotopic (exact) mass is 267 g/mol. The van der Waals surface area contributed by atoms with Gasteiger partial charge >= 0.3 is 0 Å². The number of nitrogens with two attached hydrogens (primary N) is 1. The predicted molar refractivity (Wildman–Crippen MR) is 82.7 cm³/mol. The average molecular weight is 267 g/mol. The number of rotatable bonds is 5. The lowest BCUT2D eigenvalue weighted by molar-refractivity contribution is 0.674. The smallest absolute Gasteiger partial charge is 0.126 e. The zero-order valence-corrected chi connectivity index (χ0v) is 11.7. The molecule has 3 N–H and O–H groups in total. The van der Waals surface area contributed by atoms with Gasteiger partial charge in [-0.25, -0.2) is 4.98 Å². The third-order valence-electron chi connectivity index (χ3n) is 3.92. The summed E-state index contributed by atoms with van der Waals surface area (Å²) >= 11 is 0. The Balaban J connectivity index is 1.53. The van der Waals surface area contributed by atoms with E-state index in [-0.39, 0.29) is 6.04 Å². The van der Waals surface area contributed by atoms with Crippen LogP contribution in [0.25, 0.3) is 0 Å². The van der Waals surface area contributed by atoms with Crippen LogP contribution in [0.2, 0.25) is 0 Å². The van der Waals surface area contributed by atoms with Crippen LogP contribution in [0.4, 0.5) is 5.82 Å². The molecular weight excluding hydrogens is 246 g/mol. The van der Waals surface area contributed by atoms with Crippen LogP contribution >= 0.6 is 0 Å². The van der Waals surface area contributed by atoms with Crippen molar-refractivity contribution >= 4 is 5.82 Å². The minimum absolute atomic E-state index is 0.0816. The molecule has 0 saturated heterocycles. The van der Waals surface area contributed by atoms with Gasteiger partial charge < -0.3 is 11.1 Å². The quantitative estimate of drug-likeness (QED) is 0.875. The van der Waals surface area contributed by atoms with E-state index in [2.05, 4.69) is 34.6 Å². The first-order chi connectivity index (χ1) is 9.83. The van der Waals surface area contributed by atoms with Crippen molar-refractivity contribution < 1.29 is 0 Å². The van der Waals surface area contributed by atoms with Crippen molar-refractivity contribution in [3.05, 3.63) is 59.3 Å². The van der Waals surface area contributed by atoms with Gasteiger partial charge in [0.25, 0.3) is 0 Å². The highest BCUT2D eigenvalue weighted by atomic mass is 15.0. The number of hydrogen-bond donors (Lipinski definition) is 2. The van der Waals surface area contributed by atoms with Gasteiger partial charge in [-0.05, 0) is 42.9 Å². The molecule has 20 heavy (non-hydrogen) atoms. The number of fused-ring (bicyclic) bond motifs is 1. The molecule has 1 aliphatic carbocycles. The van der Waals surface area contributed by atoms with E-state index in [4.69, 9.17) is 5.73 Å². The van der Waals surface area contributed by atoms with Gasteiger partial charge in [-0.15, -0.1) is 0 Å². The topological polar surface area (TPSA) is 50.9 Å². The van der Waals surface area contributed by atoms with E-state index in [9.17, 15) is 0 Å². The largest absolute Gasteiger partial charge is 0.370 e. The molecule has 0 bridgehead atoms. The van der Waals surface area contributed by atoms with Gasteiger partial charge in [0.1, 0.15) is 5.82 Å². The molecule has 1 atom stereocenters. The second kappa shape index (κ2) is 6.06. The first-order valence-electron chi connectivity index (χ1n) is 7.36. The lowest BCUT2D eigenvalue weighted by Crippen LogP contribution is -2.15. The van der Waals surface area contributed by atoms with Gasteiger partial charge in [0.2, 0.25) is 0 Å². The maximum Gasteiger partial charge on any atom is 0.126 e. The zero-order valence-electron chi connectivity index (χ0n) is 11.7. The number of aromatic nitrogens is 1. The molecule has 3 heteroatoms. The molecule has 0 spiro atoms. The normalized spacial score (nSPS) is 14.8. The predicted octanol–water partition coefficient (Wildman–Crippen LogP) is 3.07. The van der Waals surface area contributed by atoms with Crippen LogP contribution in [0.5, 0.6) is 0 Å². The number of hydrogen-bond acceptors (Lipinski definition) is 3. The third-order valence-corrected chi connectivity index (χ3v) is 3.92. The summed E-state index contributed by atoms with van der Waals surface area (Å²) < 4.78 is 0. The van der Waals surface area contributed by atoms with E-state index in [0.717, 1.165) is 25.2 Å². The summed E-state index contributed by atoms with van der Waals surface area (Å²) in [6.07, 6.45) is 4.45. The van der Waals surface area contributed by atoms with Crippen molar-refractivity contribution in [2.45, 2.75) is 31.7 Å². The van der Waals surface area contributed by atoms with Crippen LogP contribution in [-0.2, 0) is 12.8 Å². The minimum Gasteiger partial charge on any atom is -0.370 e. The number of benzene rings is 1. The Morgan fingerprint density at radius 3 is 2.80 bits per heavy atom. The Hall–Kier alpha value is -1.87. The fourth-order valence-electron chi connectivity index (χ4n) is 2.74. The highest BCUT2D eigenvalue weighted by Crippen LogP contribution is 2.21. The van der Waals surface area contributed by atoms with Crippen molar-refractivity contribution in [2.75, 3.05) is 11.9 Å². The lowest BCUT2D eigenvalue weighted by atomic mass is 10.1. The van der Waals surface area contributed by atoms with Crippen molar-refractivity contribution in [2.24, 2.45) is 5.73 Å². The summed E-state index contributed by atoms with van der Waals surface area (Å²) in [7, 11) is 0. The molecule has 2 aromatic rings. The van der Waals surface area contributed by atoms with E-state index in [1.165, 1.54) is 29.7 Å². The molecule has 1 unspecified atom stereocenters. The first-order valence-corrected chi connectivity index (χ1v) is 7.36. The zero-order chi connectivity index (χ0) is 13.8. The molecule has 3 rings (SSSR count). The van der Waals surface area contributed by atoms with Gasteiger partial charge in [0.05, 0.1) is 0 Å². The summed E-state index contributed by atoms with van der Waals surface area (Å²) in [6.45, 7) is 0.849. The summed E-state index contributed by atoms with van der Waals surface area (Å²) in [4.78, 5) is 4.67. The molecule has 1 aromatic heterocycles. The van der Waals surface area contributed by atoms with Crippen molar-refractivity contribution in [3.8, 4) is 0 Å². The first kappa shape index (κ1) is 13.1. The van der Waals surface area contributed by atoms with Gasteiger partial charge in [0.15, 0.2) is 0 Å². The molecule has 1 aliphatic rings. The summed E-state index contributed by atoms with van der Waals surface area (Å²) in [5, 5.41) is 3.38. The molecule has 0 radical (unpaired) electrons. The number of anilines is 1. The molecule has 3 nitrogen and oxygen atoms in total. The van der Waals surface area contributed by atoms with Crippen LogP contribution in [0, 0.1) is 0 Å².